The second kappa shape index (κ2) is 12.2. The number of fused-ring (bicyclic) bond motifs is 1. The van der Waals surface area contributed by atoms with Gasteiger partial charge in [-0.25, -0.2) is 9.37 Å². The van der Waals surface area contributed by atoms with Gasteiger partial charge in [-0.1, -0.05) is 45.2 Å². The summed E-state index contributed by atoms with van der Waals surface area (Å²) in [6.45, 7) is 1.80. The number of benzene rings is 3. The van der Waals surface area contributed by atoms with Crippen LogP contribution < -0.4 is 15.6 Å². The quantitative estimate of drug-likeness (QED) is 0.220. The molecule has 0 saturated carbocycles. The van der Waals surface area contributed by atoms with E-state index >= 15 is 0 Å². The maximum absolute atomic E-state index is 13.3. The summed E-state index contributed by atoms with van der Waals surface area (Å²) in [5, 5.41) is 7.58. The van der Waals surface area contributed by atoms with Gasteiger partial charge in [0.2, 0.25) is 0 Å². The number of halogens is 3. The van der Waals surface area contributed by atoms with Gasteiger partial charge >= 0.3 is 0 Å². The number of hydrogen-bond acceptors (Lipinski definition) is 5. The summed E-state index contributed by atoms with van der Waals surface area (Å²) in [5.74, 6) is 0.175. The van der Waals surface area contributed by atoms with Crippen molar-refractivity contribution in [1.29, 1.82) is 0 Å². The number of nitrogens with zero attached hydrogens (tertiary/aromatic N) is 3. The van der Waals surface area contributed by atoms with Gasteiger partial charge in [0.05, 0.1) is 17.1 Å². The number of anilines is 1. The van der Waals surface area contributed by atoms with Gasteiger partial charge in [0.15, 0.2) is 6.61 Å². The van der Waals surface area contributed by atoms with Crippen LogP contribution in [0.5, 0.6) is 5.75 Å². The first-order chi connectivity index (χ1) is 17.8. The molecule has 190 valence electrons. The Bertz CT molecular complexity index is 1520. The largest absolute Gasteiger partial charge is 0.483 e. The molecule has 10 heteroatoms. The summed E-state index contributed by atoms with van der Waals surface area (Å²) >= 11 is 6.86. The van der Waals surface area contributed by atoms with Gasteiger partial charge in [-0.05, 0) is 67.1 Å². The predicted molar refractivity (Wildman–Crippen MR) is 150 cm³/mol. The molecule has 37 heavy (non-hydrogen) atoms. The van der Waals surface area contributed by atoms with Crippen molar-refractivity contribution in [2.45, 2.75) is 26.2 Å². The Kier molecular flexibility index (Phi) is 8.83. The number of nitrogens with one attached hydrogen (secondary N) is 1. The van der Waals surface area contributed by atoms with Gasteiger partial charge < -0.3 is 10.1 Å². The van der Waals surface area contributed by atoms with Crippen molar-refractivity contribution in [2.75, 3.05) is 11.9 Å². The molecule has 1 heterocycles. The molecule has 7 nitrogen and oxygen atoms in total. The lowest BCUT2D eigenvalue weighted by Crippen LogP contribution is -2.23. The molecule has 4 rings (SSSR count). The molecule has 0 radical (unpaired) electrons. The Morgan fingerprint density at radius 2 is 1.84 bits per heavy atom. The van der Waals surface area contributed by atoms with Crippen LogP contribution in [0, 0.1) is 5.82 Å². The molecule has 0 atom stereocenters. The van der Waals surface area contributed by atoms with E-state index in [9.17, 15) is 14.0 Å². The van der Waals surface area contributed by atoms with Gasteiger partial charge in [0.1, 0.15) is 17.4 Å². The van der Waals surface area contributed by atoms with Gasteiger partial charge in [-0.15, -0.1) is 0 Å². The van der Waals surface area contributed by atoms with E-state index in [0.717, 1.165) is 21.8 Å². The Labute approximate surface area is 229 Å². The van der Waals surface area contributed by atoms with Gasteiger partial charge in [-0.2, -0.15) is 9.78 Å². The van der Waals surface area contributed by atoms with E-state index in [4.69, 9.17) is 4.74 Å². The molecule has 0 aliphatic heterocycles. The van der Waals surface area contributed by atoms with Crippen molar-refractivity contribution in [2.24, 2.45) is 5.10 Å². The van der Waals surface area contributed by atoms with E-state index < -0.39 is 5.91 Å². The lowest BCUT2D eigenvalue weighted by molar-refractivity contribution is -0.118. The smallest absolute Gasteiger partial charge is 0.282 e. The third kappa shape index (κ3) is 6.90. The first-order valence-electron chi connectivity index (χ1n) is 11.6. The van der Waals surface area contributed by atoms with Crippen molar-refractivity contribution >= 4 is 60.6 Å². The van der Waals surface area contributed by atoms with Crippen LogP contribution in [0.4, 0.5) is 10.1 Å². The topological polar surface area (TPSA) is 85.6 Å². The molecule has 3 aromatic carbocycles. The molecule has 4 aromatic rings. The van der Waals surface area contributed by atoms with Crippen molar-refractivity contribution < 1.29 is 13.9 Å². The third-order valence-electron chi connectivity index (χ3n) is 5.40. The zero-order valence-electron chi connectivity index (χ0n) is 19.9. The minimum Gasteiger partial charge on any atom is -0.483 e. The van der Waals surface area contributed by atoms with Gasteiger partial charge in [-0.3, -0.25) is 9.59 Å². The minimum absolute atomic E-state index is 0.271. The molecule has 1 amide bonds. The Morgan fingerprint density at radius 3 is 2.59 bits per heavy atom. The van der Waals surface area contributed by atoms with E-state index in [-0.39, 0.29) is 18.0 Å². The van der Waals surface area contributed by atoms with Crippen molar-refractivity contribution in [1.82, 2.24) is 9.66 Å². The highest BCUT2D eigenvalue weighted by Crippen LogP contribution is 2.22. The average Bonchev–Trinajstić information content (AvgIpc) is 2.88. The lowest BCUT2D eigenvalue weighted by Gasteiger charge is -2.11. The van der Waals surface area contributed by atoms with Crippen LogP contribution >= 0.6 is 31.9 Å². The molecule has 0 fully saturated rings. The second-order valence-corrected chi connectivity index (χ2v) is 10.0. The van der Waals surface area contributed by atoms with Crippen LogP contribution in [-0.4, -0.2) is 28.4 Å². The number of hydrogen-bond donors (Lipinski definition) is 1. The number of carbonyl (C=O) groups is 1. The maximum atomic E-state index is 13.3. The standard InChI is InChI=1S/C27H23Br2FN4O3/c1-2-3-4-25-33-23-11-5-19(29)14-22(23)27(36)34(25)31-15-17-13-18(28)6-12-24(17)37-16-26(35)32-21-9-7-20(30)8-10-21/h5-15H,2-4,16H2,1H3,(H,32,35). The van der Waals surface area contributed by atoms with E-state index in [1.807, 2.05) is 12.1 Å². The van der Waals surface area contributed by atoms with E-state index in [0.29, 0.717) is 40.1 Å². The van der Waals surface area contributed by atoms with Crippen LogP contribution in [0.3, 0.4) is 0 Å². The Hall–Kier alpha value is -3.37. The van der Waals surface area contributed by atoms with Crippen molar-refractivity contribution in [3.05, 3.63) is 97.2 Å². The second-order valence-electron chi connectivity index (χ2n) is 8.18. The molecular weight excluding hydrogens is 607 g/mol. The fourth-order valence-corrected chi connectivity index (χ4v) is 4.30. The van der Waals surface area contributed by atoms with Gasteiger partial charge in [0, 0.05) is 26.6 Å². The highest BCUT2D eigenvalue weighted by molar-refractivity contribution is 9.10. The zero-order chi connectivity index (χ0) is 26.4. The van der Waals surface area contributed by atoms with Crippen LogP contribution in [0.25, 0.3) is 10.9 Å². The molecule has 0 aliphatic rings. The number of amides is 1. The first kappa shape index (κ1) is 26.7. The van der Waals surface area contributed by atoms with Crippen LogP contribution in [0.2, 0.25) is 0 Å². The lowest BCUT2D eigenvalue weighted by atomic mass is 10.2. The third-order valence-corrected chi connectivity index (χ3v) is 6.39. The molecular formula is C27H23Br2FN4O3. The average molecular weight is 630 g/mol. The summed E-state index contributed by atoms with van der Waals surface area (Å²) in [4.78, 5) is 30.3. The summed E-state index contributed by atoms with van der Waals surface area (Å²) < 4.78 is 21.7. The summed E-state index contributed by atoms with van der Waals surface area (Å²) in [6, 6.07) is 16.1. The van der Waals surface area contributed by atoms with Crippen LogP contribution in [0.15, 0.2) is 79.5 Å². The zero-order valence-corrected chi connectivity index (χ0v) is 23.1. The van der Waals surface area contributed by atoms with E-state index in [2.05, 4.69) is 54.2 Å². The Morgan fingerprint density at radius 1 is 1.11 bits per heavy atom. The number of unbranched alkanes of at least 4 members (excludes halogenated alkanes) is 1. The summed E-state index contributed by atoms with van der Waals surface area (Å²) in [7, 11) is 0. The Balaban J connectivity index is 1.60. The summed E-state index contributed by atoms with van der Waals surface area (Å²) in [6.07, 6.45) is 3.92. The molecule has 1 N–H and O–H groups in total. The van der Waals surface area contributed by atoms with Crippen LogP contribution in [0.1, 0.15) is 31.2 Å². The fraction of sp³-hybridized carbons (Fsp3) is 0.185. The maximum Gasteiger partial charge on any atom is 0.282 e. The number of carbonyl (C=O) groups excluding carboxylic acids is 1. The monoisotopic (exact) mass is 628 g/mol. The number of aryl methyl sites for hydroxylation is 1. The normalized spacial score (nSPS) is 11.2. The molecule has 0 spiro atoms. The number of ether oxygens (including phenoxy) is 1. The number of rotatable bonds is 9. The highest BCUT2D eigenvalue weighted by Gasteiger charge is 2.12. The van der Waals surface area contributed by atoms with Gasteiger partial charge in [0.25, 0.3) is 11.5 Å². The van der Waals surface area contributed by atoms with Crippen molar-refractivity contribution in [3.63, 3.8) is 0 Å². The SMILES string of the molecule is CCCCc1nc2ccc(Br)cc2c(=O)n1N=Cc1cc(Br)ccc1OCC(=O)Nc1ccc(F)cc1. The number of aromatic nitrogens is 2. The predicted octanol–water partition coefficient (Wildman–Crippen LogP) is 6.30. The van der Waals surface area contributed by atoms with Crippen LogP contribution in [-0.2, 0) is 11.2 Å². The van der Waals surface area contributed by atoms with E-state index in [1.54, 1.807) is 24.3 Å². The van der Waals surface area contributed by atoms with Crippen molar-refractivity contribution in [3.8, 4) is 5.75 Å². The highest BCUT2D eigenvalue weighted by atomic mass is 79.9. The fourth-order valence-electron chi connectivity index (χ4n) is 3.56. The molecule has 1 aromatic heterocycles. The minimum atomic E-state index is -0.403. The molecule has 0 saturated heterocycles. The van der Waals surface area contributed by atoms with E-state index in [1.165, 1.54) is 35.2 Å². The first-order valence-corrected chi connectivity index (χ1v) is 13.2. The molecule has 0 unspecified atom stereocenters. The molecule has 0 bridgehead atoms. The summed E-state index contributed by atoms with van der Waals surface area (Å²) in [5.41, 5.74) is 1.36. The molecule has 0 aliphatic carbocycles.